The van der Waals surface area contributed by atoms with Crippen molar-refractivity contribution in [3.8, 4) is 0 Å². The van der Waals surface area contributed by atoms with Gasteiger partial charge in [-0.15, -0.1) is 0 Å². The molecule has 1 atom stereocenters. The first kappa shape index (κ1) is 17.6. The number of amides is 2. The lowest BCUT2D eigenvalue weighted by Gasteiger charge is -2.35. The second-order valence-corrected chi connectivity index (χ2v) is 8.03. The molecule has 2 saturated heterocycles. The molecule has 0 radical (unpaired) electrons. The maximum absolute atomic E-state index is 12.9. The summed E-state index contributed by atoms with van der Waals surface area (Å²) in [5.74, 6) is 2.21. The monoisotopic (exact) mass is 347 g/mol. The van der Waals surface area contributed by atoms with Crippen LogP contribution in [-0.4, -0.2) is 59.6 Å². The van der Waals surface area contributed by atoms with Gasteiger partial charge >= 0.3 is 6.03 Å². The third-order valence-electron chi connectivity index (χ3n) is 5.00. The van der Waals surface area contributed by atoms with Gasteiger partial charge in [0.2, 0.25) is 0 Å². The van der Waals surface area contributed by atoms with Gasteiger partial charge in [0, 0.05) is 24.5 Å². The molecule has 1 aromatic rings. The summed E-state index contributed by atoms with van der Waals surface area (Å²) in [6.07, 6.45) is 5.04. The highest BCUT2D eigenvalue weighted by Crippen LogP contribution is 2.21. The lowest BCUT2D eigenvalue weighted by molar-refractivity contribution is 0.151. The van der Waals surface area contributed by atoms with Crippen LogP contribution in [0.5, 0.6) is 0 Å². The van der Waals surface area contributed by atoms with Crippen LogP contribution in [0.1, 0.15) is 31.2 Å². The SMILES string of the molecule is Cc1ccccc1NC(=O)N1CCCSC[C@@H]1CN1CCCCC1. The van der Waals surface area contributed by atoms with Crippen LogP contribution in [0.25, 0.3) is 0 Å². The minimum Gasteiger partial charge on any atom is -0.319 e. The minimum absolute atomic E-state index is 0.0637. The van der Waals surface area contributed by atoms with E-state index in [0.29, 0.717) is 6.04 Å². The third kappa shape index (κ3) is 4.67. The van der Waals surface area contributed by atoms with E-state index in [4.69, 9.17) is 0 Å². The number of carbonyl (C=O) groups is 1. The highest BCUT2D eigenvalue weighted by atomic mass is 32.2. The number of hydrogen-bond acceptors (Lipinski definition) is 3. The predicted molar refractivity (Wildman–Crippen MR) is 103 cm³/mol. The first-order chi connectivity index (χ1) is 11.7. The number of nitrogens with zero attached hydrogens (tertiary/aromatic N) is 2. The van der Waals surface area contributed by atoms with Crippen LogP contribution in [0.15, 0.2) is 24.3 Å². The number of hydrogen-bond donors (Lipinski definition) is 1. The van der Waals surface area contributed by atoms with Gasteiger partial charge in [-0.2, -0.15) is 11.8 Å². The molecular weight excluding hydrogens is 318 g/mol. The molecule has 0 saturated carbocycles. The molecule has 5 heteroatoms. The first-order valence-electron chi connectivity index (χ1n) is 9.17. The number of para-hydroxylation sites is 1. The Bertz CT molecular complexity index is 545. The summed E-state index contributed by atoms with van der Waals surface area (Å²) in [6, 6.07) is 8.39. The highest BCUT2D eigenvalue weighted by Gasteiger charge is 2.28. The topological polar surface area (TPSA) is 35.6 Å². The molecule has 0 unspecified atom stereocenters. The number of nitrogens with one attached hydrogen (secondary N) is 1. The molecule has 2 aliphatic rings. The number of piperidine rings is 1. The molecule has 2 aliphatic heterocycles. The van der Waals surface area contributed by atoms with E-state index in [1.54, 1.807) is 0 Å². The zero-order valence-electron chi connectivity index (χ0n) is 14.7. The van der Waals surface area contributed by atoms with Crippen LogP contribution in [-0.2, 0) is 0 Å². The number of carbonyl (C=O) groups excluding carboxylic acids is 1. The zero-order chi connectivity index (χ0) is 16.8. The molecule has 0 aromatic heterocycles. The van der Waals surface area contributed by atoms with Crippen molar-refractivity contribution in [1.29, 1.82) is 0 Å². The molecule has 0 bridgehead atoms. The van der Waals surface area contributed by atoms with Crippen molar-refractivity contribution in [1.82, 2.24) is 9.80 Å². The van der Waals surface area contributed by atoms with Gasteiger partial charge in [-0.3, -0.25) is 0 Å². The summed E-state index contributed by atoms with van der Waals surface area (Å²) >= 11 is 1.99. The fraction of sp³-hybridized carbons (Fsp3) is 0.632. The van der Waals surface area contributed by atoms with Gasteiger partial charge in [0.15, 0.2) is 0 Å². The lowest BCUT2D eigenvalue weighted by Crippen LogP contribution is -2.50. The largest absolute Gasteiger partial charge is 0.322 e. The van der Waals surface area contributed by atoms with Crippen molar-refractivity contribution in [2.24, 2.45) is 0 Å². The normalized spacial score (nSPS) is 22.9. The van der Waals surface area contributed by atoms with Gasteiger partial charge in [-0.25, -0.2) is 4.79 Å². The van der Waals surface area contributed by atoms with Crippen LogP contribution in [0.2, 0.25) is 0 Å². The number of anilines is 1. The summed E-state index contributed by atoms with van der Waals surface area (Å²) in [4.78, 5) is 17.5. The van der Waals surface area contributed by atoms with Gasteiger partial charge in [-0.05, 0) is 56.7 Å². The average Bonchev–Trinajstić information content (AvgIpc) is 2.83. The summed E-state index contributed by atoms with van der Waals surface area (Å²) in [5.41, 5.74) is 2.04. The summed E-state index contributed by atoms with van der Waals surface area (Å²) in [7, 11) is 0. The Kier molecular flexibility index (Phi) is 6.44. The summed E-state index contributed by atoms with van der Waals surface area (Å²) in [5, 5.41) is 3.13. The number of rotatable bonds is 3. The molecule has 0 aliphatic carbocycles. The standard InChI is InChI=1S/C19H29N3OS/c1-16-8-3-4-9-18(16)20-19(23)22-12-7-13-24-15-17(22)14-21-10-5-2-6-11-21/h3-4,8-9,17H,2,5-7,10-15H2,1H3,(H,20,23)/t17-/m0/s1. The fourth-order valence-electron chi connectivity index (χ4n) is 3.59. The van der Waals surface area contributed by atoms with E-state index in [-0.39, 0.29) is 6.03 Å². The smallest absolute Gasteiger partial charge is 0.319 e. The molecular formula is C19H29N3OS. The number of likely N-dealkylation sites (tertiary alicyclic amines) is 1. The van der Waals surface area contributed by atoms with E-state index in [0.717, 1.165) is 42.3 Å². The molecule has 3 rings (SSSR count). The molecule has 24 heavy (non-hydrogen) atoms. The second-order valence-electron chi connectivity index (χ2n) is 6.88. The Morgan fingerprint density at radius 3 is 2.75 bits per heavy atom. The first-order valence-corrected chi connectivity index (χ1v) is 10.3. The zero-order valence-corrected chi connectivity index (χ0v) is 15.5. The Morgan fingerprint density at radius 2 is 1.96 bits per heavy atom. The van der Waals surface area contributed by atoms with Crippen molar-refractivity contribution < 1.29 is 4.79 Å². The molecule has 2 amide bonds. The minimum atomic E-state index is 0.0637. The van der Waals surface area contributed by atoms with Crippen molar-refractivity contribution in [2.45, 2.75) is 38.6 Å². The van der Waals surface area contributed by atoms with E-state index in [2.05, 4.69) is 15.1 Å². The van der Waals surface area contributed by atoms with E-state index in [9.17, 15) is 4.79 Å². The summed E-state index contributed by atoms with van der Waals surface area (Å²) in [6.45, 7) is 6.30. The lowest BCUT2D eigenvalue weighted by atomic mass is 10.1. The van der Waals surface area contributed by atoms with Crippen LogP contribution >= 0.6 is 11.8 Å². The maximum atomic E-state index is 12.9. The number of urea groups is 1. The maximum Gasteiger partial charge on any atom is 0.322 e. The van der Waals surface area contributed by atoms with Crippen LogP contribution in [0, 0.1) is 6.92 Å². The van der Waals surface area contributed by atoms with Gasteiger partial charge < -0.3 is 15.1 Å². The van der Waals surface area contributed by atoms with Crippen molar-refractivity contribution in [2.75, 3.05) is 43.0 Å². The Balaban J connectivity index is 1.66. The third-order valence-corrected chi connectivity index (χ3v) is 6.20. The van der Waals surface area contributed by atoms with Crippen molar-refractivity contribution in [3.05, 3.63) is 29.8 Å². The predicted octanol–water partition coefficient (Wildman–Crippen LogP) is 3.82. The van der Waals surface area contributed by atoms with E-state index in [1.807, 2.05) is 43.0 Å². The van der Waals surface area contributed by atoms with Crippen LogP contribution in [0.4, 0.5) is 10.5 Å². The number of benzene rings is 1. The molecule has 2 fully saturated rings. The van der Waals surface area contributed by atoms with Gasteiger partial charge in [0.05, 0.1) is 6.04 Å². The molecule has 2 heterocycles. The number of aryl methyl sites for hydroxylation is 1. The Morgan fingerprint density at radius 1 is 1.17 bits per heavy atom. The van der Waals surface area contributed by atoms with Crippen LogP contribution < -0.4 is 5.32 Å². The van der Waals surface area contributed by atoms with Gasteiger partial charge in [0.25, 0.3) is 0 Å². The fourth-order valence-corrected chi connectivity index (χ4v) is 4.65. The second kappa shape index (κ2) is 8.77. The van der Waals surface area contributed by atoms with Crippen molar-refractivity contribution >= 4 is 23.5 Å². The van der Waals surface area contributed by atoms with Crippen LogP contribution in [0.3, 0.4) is 0 Å². The Labute approximate surface area is 150 Å². The molecule has 0 spiro atoms. The van der Waals surface area contributed by atoms with E-state index >= 15 is 0 Å². The van der Waals surface area contributed by atoms with Crippen molar-refractivity contribution in [3.63, 3.8) is 0 Å². The van der Waals surface area contributed by atoms with Gasteiger partial charge in [0.1, 0.15) is 0 Å². The molecule has 4 nitrogen and oxygen atoms in total. The van der Waals surface area contributed by atoms with E-state index < -0.39 is 0 Å². The Hall–Kier alpha value is -1.20. The summed E-state index contributed by atoms with van der Waals surface area (Å²) < 4.78 is 0. The number of thioether (sulfide) groups is 1. The average molecular weight is 348 g/mol. The quantitative estimate of drug-likeness (QED) is 0.903. The molecule has 1 N–H and O–H groups in total. The van der Waals surface area contributed by atoms with Gasteiger partial charge in [-0.1, -0.05) is 24.6 Å². The van der Waals surface area contributed by atoms with E-state index in [1.165, 1.54) is 32.4 Å². The molecule has 132 valence electrons. The highest BCUT2D eigenvalue weighted by molar-refractivity contribution is 7.99. The molecule has 1 aromatic carbocycles.